The lowest BCUT2D eigenvalue weighted by Gasteiger charge is -2.38. The Morgan fingerprint density at radius 1 is 1.45 bits per heavy atom. The summed E-state index contributed by atoms with van der Waals surface area (Å²) in [5.74, 6) is 0.990. The molecule has 1 aliphatic rings. The molecule has 0 amide bonds. The van der Waals surface area contributed by atoms with Crippen LogP contribution < -0.4 is 10.1 Å². The highest BCUT2D eigenvalue weighted by atomic mass is 16.5. The zero-order chi connectivity index (χ0) is 14.6. The molecule has 1 atom stereocenters. The van der Waals surface area contributed by atoms with Crippen LogP contribution in [-0.4, -0.2) is 25.4 Å². The van der Waals surface area contributed by atoms with Crippen molar-refractivity contribution < 1.29 is 9.47 Å². The van der Waals surface area contributed by atoms with E-state index in [4.69, 9.17) is 9.47 Å². The third kappa shape index (κ3) is 4.09. The van der Waals surface area contributed by atoms with Gasteiger partial charge in [0.15, 0.2) is 0 Å². The fourth-order valence-electron chi connectivity index (χ4n) is 2.54. The molecule has 3 nitrogen and oxygen atoms in total. The van der Waals surface area contributed by atoms with E-state index in [2.05, 4.69) is 37.9 Å². The van der Waals surface area contributed by atoms with Gasteiger partial charge in [-0.1, -0.05) is 30.4 Å². The van der Waals surface area contributed by atoms with Gasteiger partial charge < -0.3 is 14.8 Å². The zero-order valence-electron chi connectivity index (χ0n) is 12.7. The van der Waals surface area contributed by atoms with Crippen LogP contribution in [0, 0.1) is 0 Å². The Labute approximate surface area is 122 Å². The number of hydrogen-bond donors (Lipinski definition) is 1. The van der Waals surface area contributed by atoms with Crippen LogP contribution >= 0.6 is 0 Å². The van der Waals surface area contributed by atoms with Crippen LogP contribution in [0.1, 0.15) is 38.8 Å². The Hall–Kier alpha value is -1.32. The van der Waals surface area contributed by atoms with E-state index < -0.39 is 0 Å². The molecule has 110 valence electrons. The first-order valence-corrected chi connectivity index (χ1v) is 7.21. The number of ether oxygens (including phenoxy) is 2. The van der Waals surface area contributed by atoms with Crippen molar-refractivity contribution in [1.29, 1.82) is 0 Å². The van der Waals surface area contributed by atoms with Gasteiger partial charge in [0.25, 0.3) is 0 Å². The van der Waals surface area contributed by atoms with Crippen molar-refractivity contribution >= 4 is 0 Å². The van der Waals surface area contributed by atoms with E-state index in [0.717, 1.165) is 24.3 Å². The average Bonchev–Trinajstić information content (AvgIpc) is 2.36. The molecule has 0 bridgehead atoms. The lowest BCUT2D eigenvalue weighted by atomic mass is 9.90. The standard InChI is InChI=1S/C17H25NO2/c1-13(2)12-19-10-9-18-15-11-17(3,4)20-16-8-6-5-7-14(15)16/h5-8,15,18H,1,9-12H2,2-4H3. The Balaban J connectivity index is 1.92. The highest BCUT2D eigenvalue weighted by Gasteiger charge is 2.32. The third-order valence-corrected chi connectivity index (χ3v) is 3.36. The van der Waals surface area contributed by atoms with Crippen LogP contribution in [0.5, 0.6) is 5.75 Å². The van der Waals surface area contributed by atoms with Crippen molar-refractivity contribution in [3.8, 4) is 5.75 Å². The van der Waals surface area contributed by atoms with Crippen molar-refractivity contribution in [3.63, 3.8) is 0 Å². The molecule has 0 saturated carbocycles. The molecule has 1 N–H and O–H groups in total. The Morgan fingerprint density at radius 2 is 2.20 bits per heavy atom. The number of benzene rings is 1. The van der Waals surface area contributed by atoms with Gasteiger partial charge in [-0.2, -0.15) is 0 Å². The van der Waals surface area contributed by atoms with Crippen LogP contribution in [0.4, 0.5) is 0 Å². The highest BCUT2D eigenvalue weighted by Crippen LogP contribution is 2.38. The van der Waals surface area contributed by atoms with Crippen molar-refractivity contribution in [3.05, 3.63) is 42.0 Å². The summed E-state index contributed by atoms with van der Waals surface area (Å²) in [7, 11) is 0. The smallest absolute Gasteiger partial charge is 0.124 e. The van der Waals surface area contributed by atoms with Gasteiger partial charge >= 0.3 is 0 Å². The minimum absolute atomic E-state index is 0.134. The van der Waals surface area contributed by atoms with E-state index in [0.29, 0.717) is 19.3 Å². The summed E-state index contributed by atoms with van der Waals surface area (Å²) in [6.07, 6.45) is 0.963. The minimum atomic E-state index is -0.134. The van der Waals surface area contributed by atoms with Crippen molar-refractivity contribution in [2.45, 2.75) is 38.8 Å². The predicted molar refractivity (Wildman–Crippen MR) is 82.1 cm³/mol. The van der Waals surface area contributed by atoms with E-state index >= 15 is 0 Å². The first-order chi connectivity index (χ1) is 9.48. The van der Waals surface area contributed by atoms with Gasteiger partial charge in [-0.15, -0.1) is 0 Å². The quantitative estimate of drug-likeness (QED) is 0.637. The van der Waals surface area contributed by atoms with Crippen LogP contribution in [0.15, 0.2) is 36.4 Å². The molecule has 20 heavy (non-hydrogen) atoms. The number of hydrogen-bond acceptors (Lipinski definition) is 3. The van der Waals surface area contributed by atoms with Crippen LogP contribution in [0.2, 0.25) is 0 Å². The number of rotatable bonds is 6. The monoisotopic (exact) mass is 275 g/mol. The van der Waals surface area contributed by atoms with Gasteiger partial charge in [0.2, 0.25) is 0 Å². The fraction of sp³-hybridized carbons (Fsp3) is 0.529. The summed E-state index contributed by atoms with van der Waals surface area (Å²) < 4.78 is 11.6. The Kier molecular flexibility index (Phi) is 4.84. The second-order valence-electron chi connectivity index (χ2n) is 6.12. The van der Waals surface area contributed by atoms with Crippen LogP contribution in [0.3, 0.4) is 0 Å². The second-order valence-corrected chi connectivity index (χ2v) is 6.12. The molecule has 1 aromatic rings. The van der Waals surface area contributed by atoms with Gasteiger partial charge in [-0.3, -0.25) is 0 Å². The lowest BCUT2D eigenvalue weighted by molar-refractivity contribution is 0.0634. The maximum Gasteiger partial charge on any atom is 0.124 e. The van der Waals surface area contributed by atoms with E-state index in [9.17, 15) is 0 Å². The maximum atomic E-state index is 6.03. The molecule has 0 aromatic heterocycles. The van der Waals surface area contributed by atoms with Gasteiger partial charge in [0.05, 0.1) is 13.2 Å². The largest absolute Gasteiger partial charge is 0.487 e. The highest BCUT2D eigenvalue weighted by molar-refractivity contribution is 5.38. The number of nitrogens with one attached hydrogen (secondary N) is 1. The van der Waals surface area contributed by atoms with E-state index in [-0.39, 0.29) is 5.60 Å². The molecule has 1 heterocycles. The fourth-order valence-corrected chi connectivity index (χ4v) is 2.54. The van der Waals surface area contributed by atoms with Gasteiger partial charge in [0.1, 0.15) is 11.4 Å². The first-order valence-electron chi connectivity index (χ1n) is 7.21. The minimum Gasteiger partial charge on any atom is -0.487 e. The third-order valence-electron chi connectivity index (χ3n) is 3.36. The summed E-state index contributed by atoms with van der Waals surface area (Å²) in [5, 5.41) is 3.57. The lowest BCUT2D eigenvalue weighted by Crippen LogP contribution is -2.40. The number of fused-ring (bicyclic) bond motifs is 1. The van der Waals surface area contributed by atoms with E-state index in [1.165, 1.54) is 5.56 Å². The second kappa shape index (κ2) is 6.42. The number of para-hydroxylation sites is 1. The molecular weight excluding hydrogens is 250 g/mol. The van der Waals surface area contributed by atoms with E-state index in [1.807, 2.05) is 19.1 Å². The molecule has 0 saturated heterocycles. The average molecular weight is 275 g/mol. The summed E-state index contributed by atoms with van der Waals surface area (Å²) in [5.41, 5.74) is 2.17. The molecular formula is C17H25NO2. The van der Waals surface area contributed by atoms with E-state index in [1.54, 1.807) is 0 Å². The Bertz CT molecular complexity index is 468. The van der Waals surface area contributed by atoms with Gasteiger partial charge in [-0.05, 0) is 26.8 Å². The van der Waals surface area contributed by atoms with Gasteiger partial charge in [-0.25, -0.2) is 0 Å². The van der Waals surface area contributed by atoms with Crippen LogP contribution in [0.25, 0.3) is 0 Å². The normalized spacial score (nSPS) is 20.1. The maximum absolute atomic E-state index is 6.03. The molecule has 1 aromatic carbocycles. The SMILES string of the molecule is C=C(C)COCCNC1CC(C)(C)Oc2ccccc21. The molecule has 2 rings (SSSR count). The topological polar surface area (TPSA) is 30.5 Å². The Morgan fingerprint density at radius 3 is 2.95 bits per heavy atom. The summed E-state index contributed by atoms with van der Waals surface area (Å²) in [6, 6.07) is 8.59. The van der Waals surface area contributed by atoms with Gasteiger partial charge in [0, 0.05) is 24.6 Å². The van der Waals surface area contributed by atoms with Crippen molar-refractivity contribution in [2.75, 3.05) is 19.8 Å². The first kappa shape index (κ1) is 15.1. The summed E-state index contributed by atoms with van der Waals surface area (Å²) in [6.45, 7) is 12.2. The zero-order valence-corrected chi connectivity index (χ0v) is 12.7. The molecule has 0 spiro atoms. The molecule has 0 radical (unpaired) electrons. The van der Waals surface area contributed by atoms with Crippen LogP contribution in [-0.2, 0) is 4.74 Å². The summed E-state index contributed by atoms with van der Waals surface area (Å²) in [4.78, 5) is 0. The summed E-state index contributed by atoms with van der Waals surface area (Å²) >= 11 is 0. The predicted octanol–water partition coefficient (Wildman–Crippen LogP) is 3.47. The van der Waals surface area contributed by atoms with Crippen molar-refractivity contribution in [2.24, 2.45) is 0 Å². The molecule has 3 heteroatoms. The molecule has 1 unspecified atom stereocenters. The molecule has 0 aliphatic carbocycles. The molecule has 0 fully saturated rings. The van der Waals surface area contributed by atoms with Crippen molar-refractivity contribution in [1.82, 2.24) is 5.32 Å². The molecule has 1 aliphatic heterocycles.